The third kappa shape index (κ3) is 3.61. The van der Waals surface area contributed by atoms with Crippen LogP contribution in [0.5, 0.6) is 5.75 Å². The number of hydrogen-bond acceptors (Lipinski definition) is 2. The number of aryl methyl sites for hydroxylation is 1. The summed E-state index contributed by atoms with van der Waals surface area (Å²) in [6.07, 6.45) is 2.75. The maximum atomic E-state index is 12.7. The molecule has 0 radical (unpaired) electrons. The van der Waals surface area contributed by atoms with Crippen molar-refractivity contribution >= 4 is 5.91 Å². The average Bonchev–Trinajstić information content (AvgIpc) is 3.00. The Balaban J connectivity index is 1.64. The lowest BCUT2D eigenvalue weighted by molar-refractivity contribution is -0.130. The summed E-state index contributed by atoms with van der Waals surface area (Å²) >= 11 is 0. The van der Waals surface area contributed by atoms with Crippen molar-refractivity contribution in [1.82, 2.24) is 4.90 Å². The van der Waals surface area contributed by atoms with Gasteiger partial charge in [0.05, 0.1) is 6.61 Å². The molecule has 0 fully saturated rings. The first kappa shape index (κ1) is 16.6. The van der Waals surface area contributed by atoms with E-state index in [9.17, 15) is 4.79 Å². The Kier molecular flexibility index (Phi) is 5.19. The molecule has 3 heteroatoms. The second-order valence-electron chi connectivity index (χ2n) is 6.43. The highest BCUT2D eigenvalue weighted by atomic mass is 16.5. The number of hydrogen-bond donors (Lipinski definition) is 0. The highest BCUT2D eigenvalue weighted by molar-refractivity contribution is 5.77. The molecule has 126 valence electrons. The first-order valence-corrected chi connectivity index (χ1v) is 8.71. The quantitative estimate of drug-likeness (QED) is 0.799. The van der Waals surface area contributed by atoms with Crippen molar-refractivity contribution in [2.45, 2.75) is 38.6 Å². The van der Waals surface area contributed by atoms with Crippen molar-refractivity contribution in [3.8, 4) is 5.75 Å². The van der Waals surface area contributed by atoms with Gasteiger partial charge in [0.15, 0.2) is 0 Å². The molecule has 0 aliphatic heterocycles. The van der Waals surface area contributed by atoms with E-state index in [0.29, 0.717) is 25.5 Å². The molecular weight excluding hydrogens is 298 g/mol. The summed E-state index contributed by atoms with van der Waals surface area (Å²) in [6, 6.07) is 16.5. The molecule has 24 heavy (non-hydrogen) atoms. The Labute approximate surface area is 144 Å². The van der Waals surface area contributed by atoms with Crippen molar-refractivity contribution in [3.05, 3.63) is 65.2 Å². The number of amides is 1. The number of carbonyl (C=O) groups excluding carboxylic acids is 1. The van der Waals surface area contributed by atoms with Gasteiger partial charge in [-0.25, -0.2) is 0 Å². The Morgan fingerprint density at radius 3 is 2.75 bits per heavy atom. The summed E-state index contributed by atoms with van der Waals surface area (Å²) in [4.78, 5) is 14.5. The fourth-order valence-electron chi connectivity index (χ4n) is 3.50. The van der Waals surface area contributed by atoms with Gasteiger partial charge in [-0.15, -0.1) is 0 Å². The summed E-state index contributed by atoms with van der Waals surface area (Å²) in [6.45, 7) is 3.19. The van der Waals surface area contributed by atoms with Gasteiger partial charge in [-0.3, -0.25) is 4.79 Å². The minimum Gasteiger partial charge on any atom is -0.494 e. The second kappa shape index (κ2) is 7.52. The second-order valence-corrected chi connectivity index (χ2v) is 6.43. The van der Waals surface area contributed by atoms with Crippen molar-refractivity contribution in [2.24, 2.45) is 0 Å². The molecule has 1 aliphatic carbocycles. The van der Waals surface area contributed by atoms with Crippen LogP contribution in [0.1, 0.15) is 42.4 Å². The van der Waals surface area contributed by atoms with E-state index in [-0.39, 0.29) is 5.91 Å². The molecule has 2 aromatic rings. The van der Waals surface area contributed by atoms with E-state index in [4.69, 9.17) is 4.74 Å². The number of para-hydroxylation sites is 1. The predicted octanol–water partition coefficient (Wildman–Crippen LogP) is 4.16. The van der Waals surface area contributed by atoms with E-state index in [0.717, 1.165) is 24.2 Å². The fourth-order valence-corrected chi connectivity index (χ4v) is 3.50. The lowest BCUT2D eigenvalue weighted by Crippen LogP contribution is -2.27. The summed E-state index contributed by atoms with van der Waals surface area (Å²) in [5, 5.41) is 0. The predicted molar refractivity (Wildman–Crippen MR) is 96.2 cm³/mol. The van der Waals surface area contributed by atoms with E-state index in [1.807, 2.05) is 43.1 Å². The van der Waals surface area contributed by atoms with Crippen molar-refractivity contribution in [3.63, 3.8) is 0 Å². The Morgan fingerprint density at radius 1 is 1.17 bits per heavy atom. The van der Waals surface area contributed by atoms with Crippen LogP contribution in [-0.2, 0) is 17.8 Å². The molecule has 1 unspecified atom stereocenters. The molecule has 0 saturated carbocycles. The molecule has 0 spiro atoms. The zero-order chi connectivity index (χ0) is 16.9. The molecule has 3 rings (SSSR count). The zero-order valence-corrected chi connectivity index (χ0v) is 14.5. The minimum atomic E-state index is 0.197. The molecule has 0 N–H and O–H groups in total. The monoisotopic (exact) mass is 323 g/mol. The van der Waals surface area contributed by atoms with Crippen molar-refractivity contribution in [2.75, 3.05) is 13.7 Å². The average molecular weight is 323 g/mol. The summed E-state index contributed by atoms with van der Waals surface area (Å²) in [5.41, 5.74) is 3.82. The zero-order valence-electron chi connectivity index (χ0n) is 14.5. The number of nitrogens with zero attached hydrogens (tertiary/aromatic N) is 1. The molecular formula is C21H25NO2. The van der Waals surface area contributed by atoms with E-state index in [2.05, 4.69) is 24.3 Å². The maximum Gasteiger partial charge on any atom is 0.223 e. The van der Waals surface area contributed by atoms with Gasteiger partial charge in [0.2, 0.25) is 5.91 Å². The molecule has 1 amide bonds. The van der Waals surface area contributed by atoms with Gasteiger partial charge in [0.1, 0.15) is 5.75 Å². The molecule has 0 aromatic heterocycles. The lowest BCUT2D eigenvalue weighted by Gasteiger charge is -2.21. The minimum absolute atomic E-state index is 0.197. The molecule has 0 heterocycles. The maximum absolute atomic E-state index is 12.7. The Hall–Kier alpha value is -2.29. The van der Waals surface area contributed by atoms with Gasteiger partial charge in [-0.1, -0.05) is 42.5 Å². The standard InChI is InChI=1S/C21H25NO2/c1-3-24-20-11-7-5-9-18(20)15-22(2)21(23)14-17-13-12-16-8-4-6-10-19(16)17/h4-11,17H,3,12-15H2,1-2H3. The fraction of sp³-hybridized carbons (Fsp3) is 0.381. The van der Waals surface area contributed by atoms with Crippen LogP contribution in [0.15, 0.2) is 48.5 Å². The Bertz CT molecular complexity index is 710. The van der Waals surface area contributed by atoms with Crippen LogP contribution < -0.4 is 4.74 Å². The summed E-state index contributed by atoms with van der Waals surface area (Å²) in [5.74, 6) is 1.42. The van der Waals surface area contributed by atoms with Crippen LogP contribution in [0.2, 0.25) is 0 Å². The number of fused-ring (bicyclic) bond motifs is 1. The van der Waals surface area contributed by atoms with E-state index in [1.165, 1.54) is 11.1 Å². The lowest BCUT2D eigenvalue weighted by atomic mass is 9.97. The molecule has 0 bridgehead atoms. The molecule has 1 aliphatic rings. The van der Waals surface area contributed by atoms with Gasteiger partial charge in [-0.2, -0.15) is 0 Å². The molecule has 3 nitrogen and oxygen atoms in total. The first-order valence-electron chi connectivity index (χ1n) is 8.71. The van der Waals surface area contributed by atoms with Crippen LogP contribution in [0, 0.1) is 0 Å². The summed E-state index contributed by atoms with van der Waals surface area (Å²) < 4.78 is 5.66. The van der Waals surface area contributed by atoms with E-state index < -0.39 is 0 Å². The van der Waals surface area contributed by atoms with Gasteiger partial charge >= 0.3 is 0 Å². The van der Waals surface area contributed by atoms with E-state index >= 15 is 0 Å². The Morgan fingerprint density at radius 2 is 1.92 bits per heavy atom. The van der Waals surface area contributed by atoms with Gasteiger partial charge in [0.25, 0.3) is 0 Å². The number of benzene rings is 2. The van der Waals surface area contributed by atoms with E-state index in [1.54, 1.807) is 0 Å². The number of carbonyl (C=O) groups is 1. The highest BCUT2D eigenvalue weighted by Crippen LogP contribution is 2.35. The first-order chi connectivity index (χ1) is 11.7. The summed E-state index contributed by atoms with van der Waals surface area (Å²) in [7, 11) is 1.88. The largest absolute Gasteiger partial charge is 0.494 e. The van der Waals surface area contributed by atoms with Crippen LogP contribution >= 0.6 is 0 Å². The topological polar surface area (TPSA) is 29.5 Å². The molecule has 1 atom stereocenters. The van der Waals surface area contributed by atoms with Gasteiger partial charge in [-0.05, 0) is 42.9 Å². The molecule has 0 saturated heterocycles. The molecule has 2 aromatic carbocycles. The van der Waals surface area contributed by atoms with Crippen LogP contribution in [0.4, 0.5) is 0 Å². The van der Waals surface area contributed by atoms with Crippen molar-refractivity contribution < 1.29 is 9.53 Å². The van der Waals surface area contributed by atoms with Crippen molar-refractivity contribution in [1.29, 1.82) is 0 Å². The van der Waals surface area contributed by atoms with Crippen LogP contribution in [-0.4, -0.2) is 24.5 Å². The van der Waals surface area contributed by atoms with Crippen LogP contribution in [0.3, 0.4) is 0 Å². The number of rotatable bonds is 6. The highest BCUT2D eigenvalue weighted by Gasteiger charge is 2.25. The SMILES string of the molecule is CCOc1ccccc1CN(C)C(=O)CC1CCc2ccccc21. The van der Waals surface area contributed by atoms with Gasteiger partial charge in [0, 0.05) is 25.6 Å². The third-order valence-corrected chi connectivity index (χ3v) is 4.78. The third-order valence-electron chi connectivity index (χ3n) is 4.78. The van der Waals surface area contributed by atoms with Gasteiger partial charge < -0.3 is 9.64 Å². The smallest absolute Gasteiger partial charge is 0.223 e. The normalized spacial score (nSPS) is 15.8. The van der Waals surface area contributed by atoms with Crippen LogP contribution in [0.25, 0.3) is 0 Å². The number of ether oxygens (including phenoxy) is 1.